The lowest BCUT2D eigenvalue weighted by Gasteiger charge is -2.22. The molecule has 0 radical (unpaired) electrons. The molecule has 3 N–H and O–H groups in total. The quantitative estimate of drug-likeness (QED) is 0.0921. The van der Waals surface area contributed by atoms with Gasteiger partial charge in [0.2, 0.25) is 5.91 Å². The SMILES string of the molecule is CCOC(=O)C[C@H](NC(=O)[C@H](Cc1c[nH]c2ccc(OC(=O)OCc3ccccc3)cc12)NC(=O)OCc1ccccc1)C(=O)OCC. The van der Waals surface area contributed by atoms with E-state index in [1.165, 1.54) is 0 Å². The molecule has 3 aromatic carbocycles. The van der Waals surface area contributed by atoms with Crippen LogP contribution in [0.3, 0.4) is 0 Å². The molecule has 0 fully saturated rings. The van der Waals surface area contributed by atoms with Crippen LogP contribution in [-0.4, -0.2) is 60.4 Å². The maximum Gasteiger partial charge on any atom is 0.514 e. The van der Waals surface area contributed by atoms with Crippen molar-refractivity contribution in [3.63, 3.8) is 0 Å². The van der Waals surface area contributed by atoms with Gasteiger partial charge in [0.15, 0.2) is 0 Å². The normalized spacial score (nSPS) is 11.9. The number of esters is 2. The van der Waals surface area contributed by atoms with E-state index in [1.54, 1.807) is 62.5 Å². The number of carbonyl (C=O) groups is 5. The van der Waals surface area contributed by atoms with Gasteiger partial charge >= 0.3 is 24.2 Å². The Morgan fingerprint density at radius 2 is 1.38 bits per heavy atom. The van der Waals surface area contributed by atoms with E-state index in [2.05, 4.69) is 15.6 Å². The van der Waals surface area contributed by atoms with Crippen molar-refractivity contribution in [3.8, 4) is 5.75 Å². The summed E-state index contributed by atoms with van der Waals surface area (Å²) in [4.78, 5) is 66.9. The summed E-state index contributed by atoms with van der Waals surface area (Å²) in [5.74, 6) is -2.14. The fourth-order valence-corrected chi connectivity index (χ4v) is 4.66. The summed E-state index contributed by atoms with van der Waals surface area (Å²) in [5, 5.41) is 5.67. The molecule has 0 spiro atoms. The van der Waals surface area contributed by atoms with Crippen LogP contribution in [0.4, 0.5) is 9.59 Å². The molecular weight excluding hydrogens is 622 g/mol. The largest absolute Gasteiger partial charge is 0.514 e. The average Bonchev–Trinajstić information content (AvgIpc) is 3.48. The number of rotatable bonds is 15. The molecule has 2 amide bonds. The number of ether oxygens (including phenoxy) is 5. The fraction of sp³-hybridized carbons (Fsp3) is 0.286. The van der Waals surface area contributed by atoms with Crippen molar-refractivity contribution < 1.29 is 47.7 Å². The van der Waals surface area contributed by atoms with Gasteiger partial charge in [-0.3, -0.25) is 9.59 Å². The minimum Gasteiger partial charge on any atom is -0.466 e. The number of carbonyl (C=O) groups excluding carboxylic acids is 5. The number of hydrogen-bond donors (Lipinski definition) is 3. The maximum absolute atomic E-state index is 13.6. The molecule has 0 bridgehead atoms. The van der Waals surface area contributed by atoms with Crippen LogP contribution >= 0.6 is 0 Å². The molecule has 252 valence electrons. The Morgan fingerprint density at radius 3 is 2.02 bits per heavy atom. The number of H-pyrrole nitrogens is 1. The Morgan fingerprint density at radius 1 is 0.729 bits per heavy atom. The number of nitrogens with one attached hydrogen (secondary N) is 3. The number of benzene rings is 3. The molecule has 0 saturated carbocycles. The molecule has 2 atom stereocenters. The molecule has 0 unspecified atom stereocenters. The Balaban J connectivity index is 1.52. The van der Waals surface area contributed by atoms with E-state index in [-0.39, 0.29) is 38.6 Å². The Kier molecular flexibility index (Phi) is 12.9. The molecule has 0 aliphatic heterocycles. The highest BCUT2D eigenvalue weighted by atomic mass is 16.7. The predicted molar refractivity (Wildman–Crippen MR) is 173 cm³/mol. The van der Waals surface area contributed by atoms with Crippen LogP contribution < -0.4 is 15.4 Å². The van der Waals surface area contributed by atoms with Gasteiger partial charge in [-0.15, -0.1) is 0 Å². The van der Waals surface area contributed by atoms with Gasteiger partial charge in [-0.25, -0.2) is 14.4 Å². The van der Waals surface area contributed by atoms with Crippen molar-refractivity contribution in [2.24, 2.45) is 0 Å². The summed E-state index contributed by atoms with van der Waals surface area (Å²) in [5.41, 5.74) is 2.75. The first kappa shape index (κ1) is 35.0. The van der Waals surface area contributed by atoms with Crippen LogP contribution in [-0.2, 0) is 53.0 Å². The second-order valence-corrected chi connectivity index (χ2v) is 10.4. The summed E-state index contributed by atoms with van der Waals surface area (Å²) in [7, 11) is 0. The van der Waals surface area contributed by atoms with Gasteiger partial charge in [0, 0.05) is 23.5 Å². The highest BCUT2D eigenvalue weighted by molar-refractivity contribution is 5.93. The van der Waals surface area contributed by atoms with E-state index >= 15 is 0 Å². The highest BCUT2D eigenvalue weighted by Gasteiger charge is 2.31. The zero-order chi connectivity index (χ0) is 34.3. The number of hydrogen-bond acceptors (Lipinski definition) is 10. The average molecular weight is 660 g/mol. The number of aromatic amines is 1. The van der Waals surface area contributed by atoms with E-state index < -0.39 is 48.6 Å². The lowest BCUT2D eigenvalue weighted by atomic mass is 10.0. The standard InChI is InChI=1S/C35H37N3O10/c1-3-44-31(39)19-30(33(41)45-4-2)37-32(40)29(38-34(42)46-21-23-11-7-5-8-12-23)17-25-20-36-28-16-15-26(18-27(25)28)48-35(43)47-22-24-13-9-6-10-14-24/h5-16,18,20,29-30,36H,3-4,17,19,21-22H2,1-2H3,(H,37,40)(H,38,42)/t29-,30-/m0/s1. The van der Waals surface area contributed by atoms with Crippen LogP contribution in [0.25, 0.3) is 10.9 Å². The summed E-state index contributed by atoms with van der Waals surface area (Å²) in [6.45, 7) is 3.28. The first-order valence-electron chi connectivity index (χ1n) is 15.3. The van der Waals surface area contributed by atoms with Gasteiger partial charge in [0.1, 0.15) is 31.0 Å². The van der Waals surface area contributed by atoms with Crippen molar-refractivity contribution in [3.05, 3.63) is 102 Å². The van der Waals surface area contributed by atoms with Crippen LogP contribution in [0.1, 0.15) is 37.0 Å². The third kappa shape index (κ3) is 10.6. The molecule has 0 aliphatic carbocycles. The van der Waals surface area contributed by atoms with Crippen molar-refractivity contribution in [1.82, 2.24) is 15.6 Å². The number of fused-ring (bicyclic) bond motifs is 1. The van der Waals surface area contributed by atoms with Crippen LogP contribution in [0.2, 0.25) is 0 Å². The molecule has 0 aliphatic rings. The Bertz CT molecular complexity index is 1690. The monoisotopic (exact) mass is 659 g/mol. The van der Waals surface area contributed by atoms with Crippen LogP contribution in [0.5, 0.6) is 5.75 Å². The zero-order valence-corrected chi connectivity index (χ0v) is 26.6. The van der Waals surface area contributed by atoms with Gasteiger partial charge in [0.05, 0.1) is 19.6 Å². The van der Waals surface area contributed by atoms with Crippen molar-refractivity contribution in [1.29, 1.82) is 0 Å². The minimum absolute atomic E-state index is 0.0149. The fourth-order valence-electron chi connectivity index (χ4n) is 4.66. The molecule has 0 saturated heterocycles. The molecule has 1 heterocycles. The third-order valence-corrected chi connectivity index (χ3v) is 6.95. The van der Waals surface area contributed by atoms with Crippen molar-refractivity contribution in [2.45, 2.75) is 52.0 Å². The lowest BCUT2D eigenvalue weighted by Crippen LogP contribution is -2.53. The lowest BCUT2D eigenvalue weighted by molar-refractivity contribution is -0.153. The number of aromatic nitrogens is 1. The number of amides is 2. The third-order valence-electron chi connectivity index (χ3n) is 6.95. The molecule has 48 heavy (non-hydrogen) atoms. The summed E-state index contributed by atoms with van der Waals surface area (Å²) < 4.78 is 25.9. The minimum atomic E-state index is -1.37. The summed E-state index contributed by atoms with van der Waals surface area (Å²) in [6.07, 6.45) is -0.703. The maximum atomic E-state index is 13.6. The second kappa shape index (κ2) is 17.7. The first-order chi connectivity index (χ1) is 23.2. The molecule has 4 aromatic rings. The van der Waals surface area contributed by atoms with Crippen molar-refractivity contribution in [2.75, 3.05) is 13.2 Å². The first-order valence-corrected chi connectivity index (χ1v) is 15.3. The molecule has 1 aromatic heterocycles. The van der Waals surface area contributed by atoms with Gasteiger partial charge in [-0.1, -0.05) is 60.7 Å². The van der Waals surface area contributed by atoms with E-state index in [0.717, 1.165) is 11.1 Å². The van der Waals surface area contributed by atoms with E-state index in [4.69, 9.17) is 23.7 Å². The van der Waals surface area contributed by atoms with Crippen LogP contribution in [0, 0.1) is 0 Å². The van der Waals surface area contributed by atoms with E-state index in [1.807, 2.05) is 36.4 Å². The number of alkyl carbamates (subject to hydrolysis) is 1. The zero-order valence-electron chi connectivity index (χ0n) is 26.6. The molecular formula is C35H37N3O10. The topological polar surface area (TPSA) is 171 Å². The molecule has 13 heteroatoms. The molecule has 4 rings (SSSR count). The van der Waals surface area contributed by atoms with Crippen molar-refractivity contribution >= 4 is 41.0 Å². The van der Waals surface area contributed by atoms with Gasteiger partial charge in [-0.05, 0) is 48.7 Å². The van der Waals surface area contributed by atoms with Gasteiger partial charge < -0.3 is 39.3 Å². The Labute approximate surface area is 276 Å². The van der Waals surface area contributed by atoms with Gasteiger partial charge in [-0.2, -0.15) is 0 Å². The molecule has 13 nitrogen and oxygen atoms in total. The van der Waals surface area contributed by atoms with E-state index in [9.17, 15) is 24.0 Å². The Hall–Kier alpha value is -5.85. The van der Waals surface area contributed by atoms with E-state index in [0.29, 0.717) is 16.5 Å². The smallest absolute Gasteiger partial charge is 0.466 e. The predicted octanol–water partition coefficient (Wildman–Crippen LogP) is 4.72. The van der Waals surface area contributed by atoms with Gasteiger partial charge in [0.25, 0.3) is 0 Å². The van der Waals surface area contributed by atoms with Crippen LogP contribution in [0.15, 0.2) is 85.1 Å². The summed E-state index contributed by atoms with van der Waals surface area (Å²) >= 11 is 0. The highest BCUT2D eigenvalue weighted by Crippen LogP contribution is 2.25. The second-order valence-electron chi connectivity index (χ2n) is 10.4. The summed E-state index contributed by atoms with van der Waals surface area (Å²) in [6, 6.07) is 20.3.